The van der Waals surface area contributed by atoms with Gasteiger partial charge in [-0.2, -0.15) is 0 Å². The van der Waals surface area contributed by atoms with E-state index in [0.29, 0.717) is 10.8 Å². The number of aromatic nitrogens is 3. The normalized spacial score (nSPS) is 10.8. The lowest BCUT2D eigenvalue weighted by atomic mass is 10.3. The molecule has 5 nitrogen and oxygen atoms in total. The molecule has 1 aromatic carbocycles. The second kappa shape index (κ2) is 6.07. The first kappa shape index (κ1) is 14.4. The summed E-state index contributed by atoms with van der Waals surface area (Å²) in [6, 6.07) is 5.69. The summed E-state index contributed by atoms with van der Waals surface area (Å²) in [5.41, 5.74) is 1.73. The largest absolute Gasteiger partial charge is 0.369 e. The number of nitrogens with zero attached hydrogens (tertiary/aromatic N) is 3. The van der Waals surface area contributed by atoms with Crippen molar-refractivity contribution in [1.82, 2.24) is 14.4 Å². The smallest absolute Gasteiger partial charge is 0.180 e. The Morgan fingerprint density at radius 1 is 1.38 bits per heavy atom. The first-order chi connectivity index (χ1) is 10.2. The Hall–Kier alpha value is -1.54. The van der Waals surface area contributed by atoms with Crippen LogP contribution in [0.4, 0.5) is 17.3 Å². The Balaban J connectivity index is 2.04. The molecule has 0 aliphatic carbocycles. The van der Waals surface area contributed by atoms with Gasteiger partial charge in [-0.25, -0.2) is 9.97 Å². The van der Waals surface area contributed by atoms with Crippen molar-refractivity contribution in [2.45, 2.75) is 6.92 Å². The van der Waals surface area contributed by atoms with Crippen molar-refractivity contribution in [2.24, 2.45) is 0 Å². The third kappa shape index (κ3) is 3.06. The Labute approximate surface area is 140 Å². The highest BCUT2D eigenvalue weighted by Crippen LogP contribution is 2.27. The van der Waals surface area contributed by atoms with Crippen LogP contribution in [0, 0.1) is 3.57 Å². The van der Waals surface area contributed by atoms with E-state index in [4.69, 9.17) is 11.6 Å². The van der Waals surface area contributed by atoms with Crippen molar-refractivity contribution < 1.29 is 0 Å². The molecule has 0 aliphatic heterocycles. The Kier molecular flexibility index (Phi) is 4.16. The first-order valence-corrected chi connectivity index (χ1v) is 7.92. The Morgan fingerprint density at radius 3 is 3.00 bits per heavy atom. The SMILES string of the molecule is CCNc1cn2ccnc2c(Nc2ccc(Cl)cc2I)n1. The van der Waals surface area contributed by atoms with Crippen LogP contribution in [0.1, 0.15) is 6.92 Å². The Bertz CT molecular complexity index is 786. The van der Waals surface area contributed by atoms with Crippen LogP contribution in [0.2, 0.25) is 5.02 Å². The minimum absolute atomic E-state index is 0.707. The number of hydrogen-bond acceptors (Lipinski definition) is 4. The molecule has 0 spiro atoms. The summed E-state index contributed by atoms with van der Waals surface area (Å²) in [5.74, 6) is 1.51. The fraction of sp³-hybridized carbons (Fsp3) is 0.143. The molecule has 0 aliphatic rings. The van der Waals surface area contributed by atoms with E-state index in [9.17, 15) is 0 Å². The maximum Gasteiger partial charge on any atom is 0.180 e. The number of fused-ring (bicyclic) bond motifs is 1. The van der Waals surface area contributed by atoms with Gasteiger partial charge in [-0.1, -0.05) is 11.6 Å². The van der Waals surface area contributed by atoms with Gasteiger partial charge in [0.15, 0.2) is 11.5 Å². The van der Waals surface area contributed by atoms with Crippen molar-refractivity contribution in [3.05, 3.63) is 45.4 Å². The quantitative estimate of drug-likeness (QED) is 0.631. The van der Waals surface area contributed by atoms with Crippen molar-refractivity contribution in [2.75, 3.05) is 17.2 Å². The molecule has 0 fully saturated rings. The summed E-state index contributed by atoms with van der Waals surface area (Å²) in [5, 5.41) is 7.26. The Morgan fingerprint density at radius 2 is 2.24 bits per heavy atom. The average molecular weight is 414 g/mol. The average Bonchev–Trinajstić information content (AvgIpc) is 2.91. The zero-order valence-electron chi connectivity index (χ0n) is 11.3. The van der Waals surface area contributed by atoms with Crippen LogP contribution in [0.15, 0.2) is 36.8 Å². The molecule has 3 rings (SSSR count). The van der Waals surface area contributed by atoms with E-state index >= 15 is 0 Å². The molecule has 0 saturated heterocycles. The van der Waals surface area contributed by atoms with Crippen molar-refractivity contribution in [1.29, 1.82) is 0 Å². The highest BCUT2D eigenvalue weighted by atomic mass is 127. The van der Waals surface area contributed by atoms with Crippen LogP contribution in [0.25, 0.3) is 5.65 Å². The number of benzene rings is 1. The van der Waals surface area contributed by atoms with Gasteiger partial charge in [0.25, 0.3) is 0 Å². The summed E-state index contributed by atoms with van der Waals surface area (Å²) >= 11 is 8.23. The maximum absolute atomic E-state index is 5.99. The standard InChI is InChI=1S/C14H13ClIN5/c1-2-17-12-8-21-6-5-18-14(21)13(20-12)19-11-4-3-9(15)7-10(11)16/h3-8,17H,2H2,1H3,(H,19,20). The van der Waals surface area contributed by atoms with Gasteiger partial charge >= 0.3 is 0 Å². The topological polar surface area (TPSA) is 54.2 Å². The summed E-state index contributed by atoms with van der Waals surface area (Å²) in [4.78, 5) is 8.92. The maximum atomic E-state index is 5.99. The second-order valence-electron chi connectivity index (χ2n) is 4.41. The van der Waals surface area contributed by atoms with E-state index in [1.807, 2.05) is 41.9 Å². The van der Waals surface area contributed by atoms with Crippen molar-refractivity contribution >= 4 is 57.2 Å². The lowest BCUT2D eigenvalue weighted by Gasteiger charge is -2.11. The molecule has 7 heteroatoms. The molecule has 21 heavy (non-hydrogen) atoms. The van der Waals surface area contributed by atoms with Gasteiger partial charge in [0.1, 0.15) is 5.82 Å². The summed E-state index contributed by atoms with van der Waals surface area (Å²) < 4.78 is 2.97. The molecule has 0 amide bonds. The minimum Gasteiger partial charge on any atom is -0.369 e. The van der Waals surface area contributed by atoms with Crippen LogP contribution >= 0.6 is 34.2 Å². The molecule has 2 heterocycles. The van der Waals surface area contributed by atoms with Gasteiger partial charge in [-0.15, -0.1) is 0 Å². The fourth-order valence-corrected chi connectivity index (χ4v) is 3.01. The molecular weight excluding hydrogens is 401 g/mol. The third-order valence-corrected chi connectivity index (χ3v) is 4.04. The molecule has 0 bridgehead atoms. The summed E-state index contributed by atoms with van der Waals surface area (Å²) in [6.07, 6.45) is 5.57. The van der Waals surface area contributed by atoms with Gasteiger partial charge < -0.3 is 15.0 Å². The van der Waals surface area contributed by atoms with Crippen LogP contribution in [-0.2, 0) is 0 Å². The molecule has 2 aromatic heterocycles. The molecular formula is C14H13ClIN5. The minimum atomic E-state index is 0.707. The molecule has 0 unspecified atom stereocenters. The van der Waals surface area contributed by atoms with Crippen LogP contribution in [-0.4, -0.2) is 20.9 Å². The predicted octanol–water partition coefficient (Wildman–Crippen LogP) is 4.16. The monoisotopic (exact) mass is 413 g/mol. The zero-order valence-corrected chi connectivity index (χ0v) is 14.2. The second-order valence-corrected chi connectivity index (χ2v) is 6.01. The number of rotatable bonds is 4. The highest BCUT2D eigenvalue weighted by Gasteiger charge is 2.09. The molecule has 0 saturated carbocycles. The van der Waals surface area contributed by atoms with Gasteiger partial charge in [0.05, 0.1) is 11.9 Å². The first-order valence-electron chi connectivity index (χ1n) is 6.47. The lowest BCUT2D eigenvalue weighted by molar-refractivity contribution is 1.09. The summed E-state index contributed by atoms with van der Waals surface area (Å²) in [7, 11) is 0. The van der Waals surface area contributed by atoms with E-state index in [2.05, 4.69) is 43.2 Å². The van der Waals surface area contributed by atoms with E-state index in [-0.39, 0.29) is 0 Å². The zero-order chi connectivity index (χ0) is 14.8. The molecule has 0 radical (unpaired) electrons. The number of halogens is 2. The van der Waals surface area contributed by atoms with E-state index in [0.717, 1.165) is 27.3 Å². The van der Waals surface area contributed by atoms with Crippen LogP contribution in [0.3, 0.4) is 0 Å². The number of imidazole rings is 1. The van der Waals surface area contributed by atoms with E-state index in [1.165, 1.54) is 0 Å². The molecule has 108 valence electrons. The predicted molar refractivity (Wildman–Crippen MR) is 94.6 cm³/mol. The number of nitrogens with one attached hydrogen (secondary N) is 2. The third-order valence-electron chi connectivity index (χ3n) is 2.92. The van der Waals surface area contributed by atoms with Crippen molar-refractivity contribution in [3.63, 3.8) is 0 Å². The molecule has 2 N–H and O–H groups in total. The number of anilines is 3. The van der Waals surface area contributed by atoms with Gasteiger partial charge in [-0.3, -0.25) is 0 Å². The van der Waals surface area contributed by atoms with Crippen molar-refractivity contribution in [3.8, 4) is 0 Å². The van der Waals surface area contributed by atoms with Gasteiger partial charge in [-0.05, 0) is 47.7 Å². The van der Waals surface area contributed by atoms with E-state index < -0.39 is 0 Å². The summed E-state index contributed by atoms with van der Waals surface area (Å²) in [6.45, 7) is 2.85. The van der Waals surface area contributed by atoms with Crippen LogP contribution in [0.5, 0.6) is 0 Å². The highest BCUT2D eigenvalue weighted by molar-refractivity contribution is 14.1. The molecule has 3 aromatic rings. The van der Waals surface area contributed by atoms with E-state index in [1.54, 1.807) is 6.20 Å². The molecule has 0 atom stereocenters. The van der Waals surface area contributed by atoms with Crippen LogP contribution < -0.4 is 10.6 Å². The number of hydrogen-bond donors (Lipinski definition) is 2. The van der Waals surface area contributed by atoms with Gasteiger partial charge in [0.2, 0.25) is 0 Å². The lowest BCUT2D eigenvalue weighted by Crippen LogP contribution is -2.05. The van der Waals surface area contributed by atoms with Gasteiger partial charge in [0, 0.05) is 27.5 Å². The fourth-order valence-electron chi connectivity index (χ4n) is 2.00.